The van der Waals surface area contributed by atoms with Crippen molar-refractivity contribution in [1.82, 2.24) is 4.90 Å². The zero-order chi connectivity index (χ0) is 21.2. The van der Waals surface area contributed by atoms with Crippen molar-refractivity contribution in [3.05, 3.63) is 59.7 Å². The van der Waals surface area contributed by atoms with Crippen LogP contribution in [-0.4, -0.2) is 56.4 Å². The summed E-state index contributed by atoms with van der Waals surface area (Å²) in [6, 6.07) is 13.7. The number of benzene rings is 2. The van der Waals surface area contributed by atoms with E-state index in [-0.39, 0.29) is 16.6 Å². The number of sulfone groups is 1. The van der Waals surface area contributed by atoms with Crippen LogP contribution in [-0.2, 0) is 9.84 Å². The lowest BCUT2D eigenvalue weighted by atomic mass is 10.1. The molecule has 0 saturated carbocycles. The number of anilines is 1. The fourth-order valence-corrected chi connectivity index (χ4v) is 4.38. The van der Waals surface area contributed by atoms with Crippen LogP contribution in [0.3, 0.4) is 0 Å². The summed E-state index contributed by atoms with van der Waals surface area (Å²) in [7, 11) is -3.34. The van der Waals surface area contributed by atoms with Crippen molar-refractivity contribution >= 4 is 27.2 Å². The van der Waals surface area contributed by atoms with E-state index in [9.17, 15) is 18.0 Å². The highest BCUT2D eigenvalue weighted by Gasteiger charge is 2.24. The van der Waals surface area contributed by atoms with E-state index in [1.54, 1.807) is 37.8 Å². The van der Waals surface area contributed by atoms with Gasteiger partial charge in [0.25, 0.3) is 5.91 Å². The Balaban J connectivity index is 1.63. The summed E-state index contributed by atoms with van der Waals surface area (Å²) in [6.07, 6.45) is 0. The largest absolute Gasteiger partial charge is 0.368 e. The molecule has 29 heavy (non-hydrogen) atoms. The van der Waals surface area contributed by atoms with Crippen molar-refractivity contribution in [3.8, 4) is 0 Å². The van der Waals surface area contributed by atoms with Crippen molar-refractivity contribution in [3.63, 3.8) is 0 Å². The molecule has 1 aliphatic rings. The van der Waals surface area contributed by atoms with Crippen LogP contribution < -0.4 is 4.90 Å². The minimum absolute atomic E-state index is 0.0409. The second-order valence-electron chi connectivity index (χ2n) is 7.50. The van der Waals surface area contributed by atoms with Crippen LogP contribution in [0, 0.1) is 0 Å². The Hall–Kier alpha value is -2.67. The van der Waals surface area contributed by atoms with E-state index in [0.29, 0.717) is 37.3 Å². The van der Waals surface area contributed by atoms with E-state index < -0.39 is 15.1 Å². The minimum atomic E-state index is -3.34. The van der Waals surface area contributed by atoms with Gasteiger partial charge in [0.2, 0.25) is 0 Å². The van der Waals surface area contributed by atoms with Gasteiger partial charge in [-0.2, -0.15) is 0 Å². The molecule has 0 unspecified atom stereocenters. The summed E-state index contributed by atoms with van der Waals surface area (Å²) in [5, 5.41) is -0.498. The molecule has 1 amide bonds. The monoisotopic (exact) mass is 414 g/mol. The highest BCUT2D eigenvalue weighted by Crippen LogP contribution is 2.20. The highest BCUT2D eigenvalue weighted by molar-refractivity contribution is 7.92. The van der Waals surface area contributed by atoms with Gasteiger partial charge in [-0.05, 0) is 69.3 Å². The first-order valence-electron chi connectivity index (χ1n) is 9.69. The average Bonchev–Trinajstić information content (AvgIpc) is 2.73. The Morgan fingerprint density at radius 1 is 0.828 bits per heavy atom. The third-order valence-corrected chi connectivity index (χ3v) is 7.43. The minimum Gasteiger partial charge on any atom is -0.368 e. The van der Waals surface area contributed by atoms with Gasteiger partial charge in [0, 0.05) is 43.0 Å². The van der Waals surface area contributed by atoms with Gasteiger partial charge in [-0.25, -0.2) is 8.42 Å². The number of hydrogen-bond acceptors (Lipinski definition) is 5. The van der Waals surface area contributed by atoms with E-state index in [4.69, 9.17) is 0 Å². The Morgan fingerprint density at radius 2 is 1.34 bits per heavy atom. The quantitative estimate of drug-likeness (QED) is 0.703. The molecule has 2 aromatic carbocycles. The summed E-state index contributed by atoms with van der Waals surface area (Å²) < 4.78 is 24.4. The van der Waals surface area contributed by atoms with E-state index in [1.165, 1.54) is 12.1 Å². The molecule has 0 spiro atoms. The first-order chi connectivity index (χ1) is 13.7. The topological polar surface area (TPSA) is 74.8 Å². The standard InChI is InChI=1S/C22H26N2O4S/c1-16(2)29(27,28)21-10-6-19(7-11-21)22(26)24-14-12-23(13-15-24)20-8-4-18(5-9-20)17(3)25/h4-11,16H,12-15H2,1-3H3. The summed E-state index contributed by atoms with van der Waals surface area (Å²) in [6.45, 7) is 7.39. The molecule has 0 aliphatic carbocycles. The molecule has 7 heteroatoms. The van der Waals surface area contributed by atoms with Gasteiger partial charge in [0.15, 0.2) is 15.6 Å². The van der Waals surface area contributed by atoms with Gasteiger partial charge >= 0.3 is 0 Å². The number of piperazine rings is 1. The number of ketones is 1. The van der Waals surface area contributed by atoms with Gasteiger partial charge < -0.3 is 9.80 Å². The van der Waals surface area contributed by atoms with Crippen molar-refractivity contribution in [2.24, 2.45) is 0 Å². The highest BCUT2D eigenvalue weighted by atomic mass is 32.2. The van der Waals surface area contributed by atoms with Gasteiger partial charge in [-0.15, -0.1) is 0 Å². The Morgan fingerprint density at radius 3 is 1.83 bits per heavy atom. The van der Waals surface area contributed by atoms with Crippen LogP contribution in [0.4, 0.5) is 5.69 Å². The molecule has 0 bridgehead atoms. The molecule has 1 aliphatic heterocycles. The SMILES string of the molecule is CC(=O)c1ccc(N2CCN(C(=O)c3ccc(S(=O)(=O)C(C)C)cc3)CC2)cc1. The lowest BCUT2D eigenvalue weighted by molar-refractivity contribution is 0.0746. The summed E-state index contributed by atoms with van der Waals surface area (Å²) in [5.41, 5.74) is 2.21. The van der Waals surface area contributed by atoms with Crippen LogP contribution >= 0.6 is 0 Å². The number of Topliss-reactive ketones (excluding diaryl/α,β-unsaturated/α-hetero) is 1. The molecule has 154 valence electrons. The molecule has 0 atom stereocenters. The van der Waals surface area contributed by atoms with Crippen LogP contribution in [0.1, 0.15) is 41.5 Å². The molecule has 1 fully saturated rings. The molecule has 6 nitrogen and oxygen atoms in total. The Bertz CT molecular complexity index is 988. The Kier molecular flexibility index (Phi) is 6.07. The zero-order valence-corrected chi connectivity index (χ0v) is 17.8. The van der Waals surface area contributed by atoms with Crippen molar-refractivity contribution in [1.29, 1.82) is 0 Å². The fraction of sp³-hybridized carbons (Fsp3) is 0.364. The van der Waals surface area contributed by atoms with Crippen molar-refractivity contribution < 1.29 is 18.0 Å². The van der Waals surface area contributed by atoms with Crippen LogP contribution in [0.2, 0.25) is 0 Å². The molecular formula is C22H26N2O4S. The summed E-state index contributed by atoms with van der Waals surface area (Å²) in [4.78, 5) is 28.4. The molecule has 1 saturated heterocycles. The van der Waals surface area contributed by atoms with E-state index in [1.807, 2.05) is 24.3 Å². The maximum absolute atomic E-state index is 12.8. The number of carbonyl (C=O) groups excluding carboxylic acids is 2. The second kappa shape index (κ2) is 8.37. The number of hydrogen-bond donors (Lipinski definition) is 0. The second-order valence-corrected chi connectivity index (χ2v) is 10.0. The maximum Gasteiger partial charge on any atom is 0.253 e. The van der Waals surface area contributed by atoms with Gasteiger partial charge in [-0.1, -0.05) is 0 Å². The van der Waals surface area contributed by atoms with Crippen LogP contribution in [0.25, 0.3) is 0 Å². The third-order valence-electron chi connectivity index (χ3n) is 5.26. The zero-order valence-electron chi connectivity index (χ0n) is 17.0. The molecule has 0 N–H and O–H groups in total. The van der Waals surface area contributed by atoms with Crippen LogP contribution in [0.5, 0.6) is 0 Å². The normalized spacial score (nSPS) is 14.9. The van der Waals surface area contributed by atoms with E-state index in [2.05, 4.69) is 4.90 Å². The number of carbonyl (C=O) groups is 2. The molecular weight excluding hydrogens is 388 g/mol. The average molecular weight is 415 g/mol. The first-order valence-corrected chi connectivity index (χ1v) is 11.2. The fourth-order valence-electron chi connectivity index (χ4n) is 3.32. The lowest BCUT2D eigenvalue weighted by Crippen LogP contribution is -2.48. The van der Waals surface area contributed by atoms with Crippen molar-refractivity contribution in [2.45, 2.75) is 30.9 Å². The predicted octanol–water partition coefficient (Wildman–Crippen LogP) is 3.03. The molecule has 3 rings (SSSR count). The van der Waals surface area contributed by atoms with Crippen LogP contribution in [0.15, 0.2) is 53.4 Å². The Labute approximate surface area is 172 Å². The smallest absolute Gasteiger partial charge is 0.253 e. The van der Waals surface area contributed by atoms with Gasteiger partial charge in [-0.3, -0.25) is 9.59 Å². The molecule has 1 heterocycles. The molecule has 0 aromatic heterocycles. The number of rotatable bonds is 5. The number of amides is 1. The first kappa shape index (κ1) is 21.0. The molecule has 2 aromatic rings. The maximum atomic E-state index is 12.8. The van der Waals surface area contributed by atoms with E-state index in [0.717, 1.165) is 5.69 Å². The van der Waals surface area contributed by atoms with Gasteiger partial charge in [0.1, 0.15) is 0 Å². The van der Waals surface area contributed by atoms with E-state index >= 15 is 0 Å². The third kappa shape index (κ3) is 4.50. The lowest BCUT2D eigenvalue weighted by Gasteiger charge is -2.36. The predicted molar refractivity (Wildman–Crippen MR) is 113 cm³/mol. The van der Waals surface area contributed by atoms with Crippen molar-refractivity contribution in [2.75, 3.05) is 31.1 Å². The summed E-state index contributed by atoms with van der Waals surface area (Å²) in [5.74, 6) is -0.0516. The van der Waals surface area contributed by atoms with Gasteiger partial charge in [0.05, 0.1) is 10.1 Å². The molecule has 0 radical (unpaired) electrons. The summed E-state index contributed by atoms with van der Waals surface area (Å²) >= 11 is 0. The number of nitrogens with zero attached hydrogens (tertiary/aromatic N) is 2.